The van der Waals surface area contributed by atoms with Crippen molar-refractivity contribution in [3.8, 4) is 0 Å². The number of hydrogen-bond acceptors (Lipinski definition) is 11. The van der Waals surface area contributed by atoms with E-state index in [1.807, 2.05) is 84.9 Å². The molecule has 296 valence electrons. The number of carbonyl (C=O) groups is 2. The van der Waals surface area contributed by atoms with E-state index in [1.165, 1.54) is 0 Å². The molecule has 3 amide bonds. The number of cyclic esters (lactones) is 1. The predicted molar refractivity (Wildman–Crippen MR) is 224 cm³/mol. The van der Waals surface area contributed by atoms with Gasteiger partial charge in [-0.15, -0.1) is 12.4 Å². The summed E-state index contributed by atoms with van der Waals surface area (Å²) in [4.78, 5) is 49.6. The van der Waals surface area contributed by atoms with Crippen LogP contribution < -0.4 is 24.5 Å². The van der Waals surface area contributed by atoms with Crippen LogP contribution in [-0.2, 0) is 4.74 Å². The average Bonchev–Trinajstić information content (AvgIpc) is 4.06. The summed E-state index contributed by atoms with van der Waals surface area (Å²) in [6.45, 7) is 9.16. The van der Waals surface area contributed by atoms with E-state index in [-0.39, 0.29) is 30.6 Å². The maximum Gasteiger partial charge on any atom is 0.416 e. The summed E-state index contributed by atoms with van der Waals surface area (Å²) in [5.41, 5.74) is 3.46. The number of halogens is 1. The third kappa shape index (κ3) is 7.67. The van der Waals surface area contributed by atoms with E-state index in [0.717, 1.165) is 97.2 Å². The number of aromatic nitrogens is 2. The fourth-order valence-corrected chi connectivity index (χ4v) is 7.72. The van der Waals surface area contributed by atoms with Gasteiger partial charge in [-0.1, -0.05) is 48.5 Å². The Morgan fingerprint density at radius 1 is 0.579 bits per heavy atom. The number of fused-ring (bicyclic) bond motifs is 2. The topological polar surface area (TPSA) is 118 Å². The van der Waals surface area contributed by atoms with Gasteiger partial charge in [0.1, 0.15) is 17.7 Å². The zero-order chi connectivity index (χ0) is 38.2. The summed E-state index contributed by atoms with van der Waals surface area (Å²) < 4.78 is 17.1. The van der Waals surface area contributed by atoms with Crippen LogP contribution in [0.3, 0.4) is 0 Å². The molecule has 4 aliphatic rings. The summed E-state index contributed by atoms with van der Waals surface area (Å²) in [6.07, 6.45) is 2.71. The zero-order valence-corrected chi connectivity index (χ0v) is 32.9. The van der Waals surface area contributed by atoms with Crippen LogP contribution in [0.15, 0.2) is 106 Å². The summed E-state index contributed by atoms with van der Waals surface area (Å²) in [5, 5.41) is 1.92. The first-order valence-electron chi connectivity index (χ1n) is 19.2. The molecule has 0 radical (unpaired) electrons. The molecule has 1 unspecified atom stereocenters. The maximum absolute atomic E-state index is 13.1. The molecular weight excluding hydrogens is 746 g/mol. The van der Waals surface area contributed by atoms with E-state index in [1.54, 1.807) is 27.2 Å². The molecule has 14 nitrogen and oxygen atoms in total. The Morgan fingerprint density at radius 3 is 1.61 bits per heavy atom. The van der Waals surface area contributed by atoms with Gasteiger partial charge in [0.2, 0.25) is 0 Å². The zero-order valence-electron chi connectivity index (χ0n) is 32.1. The number of para-hydroxylation sites is 1. The highest BCUT2D eigenvalue weighted by atomic mass is 35.5. The van der Waals surface area contributed by atoms with E-state index >= 15 is 0 Å². The number of nitrogens with zero attached hydrogens (tertiary/aromatic N) is 9. The Morgan fingerprint density at radius 2 is 1.07 bits per heavy atom. The third-order valence-corrected chi connectivity index (χ3v) is 11.0. The van der Waals surface area contributed by atoms with Crippen molar-refractivity contribution in [2.75, 3.05) is 111 Å². The first-order valence-corrected chi connectivity index (χ1v) is 19.2. The van der Waals surface area contributed by atoms with E-state index in [4.69, 9.17) is 23.5 Å². The molecule has 0 saturated carbocycles. The van der Waals surface area contributed by atoms with Gasteiger partial charge < -0.3 is 33.2 Å². The van der Waals surface area contributed by atoms with Crippen LogP contribution in [0.4, 0.5) is 38.5 Å². The van der Waals surface area contributed by atoms with Crippen molar-refractivity contribution >= 4 is 75.4 Å². The SMILES string of the molecule is CN1CCN(c2nc(N3CC(c4ccccc4)OC3=O)cc3ccoc23)CC1.CN1CCN(c2nc(N3CCN(c4ccccc4)C3=O)cc3ccoc23)CC1.Cl. The molecule has 2 aromatic carbocycles. The van der Waals surface area contributed by atoms with Crippen LogP contribution in [0.5, 0.6) is 0 Å². The number of ether oxygens (including phenoxy) is 1. The standard InChI is InChI=1S/C21H23N5O2.C21H22N4O3.ClH/c1-23-8-10-24(11-9-23)20-19-16(7-14-28-19)15-18(22-20)26-13-12-25(21(26)27)17-5-3-2-4-6-17;1-23-8-10-24(11-9-23)20-19-16(7-12-27-19)13-18(22-20)25-14-17(28-21(25)26)15-5-3-2-4-6-15;/h2-7,14-15H,8-13H2,1H3;2-7,12-13,17H,8-11,14H2,1H3;1H. The van der Waals surface area contributed by atoms with Gasteiger partial charge in [-0.25, -0.2) is 19.6 Å². The molecule has 4 fully saturated rings. The monoisotopic (exact) mass is 791 g/mol. The number of anilines is 5. The van der Waals surface area contributed by atoms with Crippen LogP contribution in [0.2, 0.25) is 0 Å². The van der Waals surface area contributed by atoms with Gasteiger partial charge in [0.05, 0.1) is 19.1 Å². The molecule has 10 rings (SSSR count). The highest BCUT2D eigenvalue weighted by Crippen LogP contribution is 2.36. The van der Waals surface area contributed by atoms with Gasteiger partial charge in [-0.2, -0.15) is 0 Å². The van der Waals surface area contributed by atoms with Crippen molar-refractivity contribution < 1.29 is 23.2 Å². The lowest BCUT2D eigenvalue weighted by Gasteiger charge is -2.33. The Bertz CT molecular complexity index is 2230. The van der Waals surface area contributed by atoms with E-state index in [0.29, 0.717) is 31.3 Å². The Kier molecular flexibility index (Phi) is 10.9. The van der Waals surface area contributed by atoms with Crippen molar-refractivity contribution in [1.29, 1.82) is 0 Å². The molecule has 0 bridgehead atoms. The van der Waals surface area contributed by atoms with E-state index in [9.17, 15) is 9.59 Å². The quantitative estimate of drug-likeness (QED) is 0.179. The fraction of sp³-hybridized carbons (Fsp3) is 0.333. The molecule has 4 aliphatic heterocycles. The number of amides is 3. The number of carbonyl (C=O) groups excluding carboxylic acids is 2. The van der Waals surface area contributed by atoms with Gasteiger partial charge in [0.25, 0.3) is 0 Å². The minimum Gasteiger partial charge on any atom is -0.460 e. The van der Waals surface area contributed by atoms with Gasteiger partial charge >= 0.3 is 12.1 Å². The van der Waals surface area contributed by atoms with Crippen molar-refractivity contribution in [3.63, 3.8) is 0 Å². The van der Waals surface area contributed by atoms with Gasteiger partial charge in [0, 0.05) is 81.9 Å². The molecule has 0 aliphatic carbocycles. The summed E-state index contributed by atoms with van der Waals surface area (Å²) in [5.74, 6) is 2.91. The number of benzene rings is 2. The number of hydrogen-bond donors (Lipinski definition) is 0. The molecule has 15 heteroatoms. The van der Waals surface area contributed by atoms with Crippen molar-refractivity contribution in [1.82, 2.24) is 19.8 Å². The second kappa shape index (κ2) is 16.3. The minimum atomic E-state index is -0.367. The lowest BCUT2D eigenvalue weighted by molar-refractivity contribution is 0.142. The molecule has 4 saturated heterocycles. The van der Waals surface area contributed by atoms with E-state index in [2.05, 4.69) is 33.7 Å². The second-order valence-electron chi connectivity index (χ2n) is 14.7. The largest absolute Gasteiger partial charge is 0.460 e. The Balaban J connectivity index is 0.000000157. The highest BCUT2D eigenvalue weighted by molar-refractivity contribution is 6.06. The molecule has 1 atom stereocenters. The van der Waals surface area contributed by atoms with Crippen LogP contribution in [0.1, 0.15) is 11.7 Å². The Hall–Kier alpha value is -5.83. The average molecular weight is 792 g/mol. The predicted octanol–water partition coefficient (Wildman–Crippen LogP) is 6.73. The van der Waals surface area contributed by atoms with Crippen LogP contribution in [0, 0.1) is 0 Å². The summed E-state index contributed by atoms with van der Waals surface area (Å²) in [7, 11) is 4.25. The maximum atomic E-state index is 13.1. The molecule has 8 heterocycles. The molecular formula is C42H46ClN9O5. The van der Waals surface area contributed by atoms with Crippen LogP contribution >= 0.6 is 12.4 Å². The number of pyridine rings is 2. The number of likely N-dealkylation sites (N-methyl/N-ethyl adjacent to an activating group) is 2. The first-order chi connectivity index (χ1) is 27.4. The van der Waals surface area contributed by atoms with Crippen molar-refractivity contribution in [2.45, 2.75) is 6.10 Å². The summed E-state index contributed by atoms with van der Waals surface area (Å²) >= 11 is 0. The van der Waals surface area contributed by atoms with Gasteiger partial charge in [-0.3, -0.25) is 14.7 Å². The molecule has 0 spiro atoms. The highest BCUT2D eigenvalue weighted by Gasteiger charge is 2.36. The van der Waals surface area contributed by atoms with Gasteiger partial charge in [-0.05, 0) is 56.1 Å². The first kappa shape index (κ1) is 38.1. The number of rotatable bonds is 6. The lowest BCUT2D eigenvalue weighted by atomic mass is 10.1. The van der Waals surface area contributed by atoms with Crippen molar-refractivity contribution in [2.24, 2.45) is 0 Å². The lowest BCUT2D eigenvalue weighted by Crippen LogP contribution is -2.45. The van der Waals surface area contributed by atoms with Gasteiger partial charge in [0.15, 0.2) is 22.8 Å². The number of furan rings is 2. The van der Waals surface area contributed by atoms with Crippen molar-refractivity contribution in [3.05, 3.63) is 103 Å². The molecule has 0 N–H and O–H groups in total. The number of urea groups is 1. The Labute approximate surface area is 337 Å². The molecule has 4 aromatic heterocycles. The minimum absolute atomic E-state index is 0. The third-order valence-electron chi connectivity index (χ3n) is 11.0. The number of piperazine rings is 2. The summed E-state index contributed by atoms with van der Waals surface area (Å²) in [6, 6.07) is 27.3. The van der Waals surface area contributed by atoms with E-state index < -0.39 is 0 Å². The van der Waals surface area contributed by atoms with Crippen LogP contribution in [-0.4, -0.2) is 118 Å². The smallest absolute Gasteiger partial charge is 0.416 e. The second-order valence-corrected chi connectivity index (χ2v) is 14.7. The molecule has 6 aromatic rings. The molecule has 57 heavy (non-hydrogen) atoms. The van der Waals surface area contributed by atoms with Crippen LogP contribution in [0.25, 0.3) is 21.9 Å². The fourth-order valence-electron chi connectivity index (χ4n) is 7.72. The normalized spacial score (nSPS) is 19.3.